The lowest BCUT2D eigenvalue weighted by Crippen LogP contribution is -2.76. The average Bonchev–Trinajstić information content (AvgIpc) is 3.35. The first-order valence-corrected chi connectivity index (χ1v) is 14.0. The number of carbonyl (C=O) groups is 2. The van der Waals surface area contributed by atoms with E-state index in [1.54, 1.807) is 11.8 Å². The molecule has 5 rings (SSSR count). The van der Waals surface area contributed by atoms with Crippen molar-refractivity contribution in [2.75, 3.05) is 13.1 Å². The summed E-state index contributed by atoms with van der Waals surface area (Å²) < 4.78 is 54.7. The van der Waals surface area contributed by atoms with E-state index in [9.17, 15) is 33.1 Å². The van der Waals surface area contributed by atoms with Gasteiger partial charge in [-0.3, -0.25) is 19.7 Å². The predicted molar refractivity (Wildman–Crippen MR) is 129 cm³/mol. The number of aliphatic hydroxyl groups is 1. The largest absolute Gasteiger partial charge is 0.391 e. The fourth-order valence-corrected chi connectivity index (χ4v) is 7.25. The molecule has 5 aliphatic rings. The minimum Gasteiger partial charge on any atom is -0.390 e. The Morgan fingerprint density at radius 2 is 1.87 bits per heavy atom. The highest BCUT2D eigenvalue weighted by molar-refractivity contribution is 5.99. The maximum Gasteiger partial charge on any atom is 0.391 e. The van der Waals surface area contributed by atoms with E-state index >= 15 is 4.39 Å². The van der Waals surface area contributed by atoms with Gasteiger partial charge in [0.15, 0.2) is 0 Å². The van der Waals surface area contributed by atoms with Gasteiger partial charge in [-0.2, -0.15) is 23.9 Å². The fourth-order valence-electron chi connectivity index (χ4n) is 7.25. The second-order valence-corrected chi connectivity index (χ2v) is 12.2. The van der Waals surface area contributed by atoms with E-state index in [0.29, 0.717) is 25.7 Å². The van der Waals surface area contributed by atoms with E-state index < -0.39 is 54.3 Å². The Kier molecular flexibility index (Phi) is 7.87. The molecule has 2 aliphatic heterocycles. The van der Waals surface area contributed by atoms with Crippen LogP contribution in [-0.2, 0) is 14.4 Å². The van der Waals surface area contributed by atoms with E-state index in [1.165, 1.54) is 4.90 Å². The first kappa shape index (κ1) is 28.5. The summed E-state index contributed by atoms with van der Waals surface area (Å²) in [6.07, 6.45) is -5.41. The maximum absolute atomic E-state index is 15.2. The van der Waals surface area contributed by atoms with Crippen molar-refractivity contribution in [1.82, 2.24) is 20.6 Å². The molecule has 0 radical (unpaired) electrons. The molecule has 5 fully saturated rings. The predicted octanol–water partition coefficient (Wildman–Crippen LogP) is 2.36. The van der Waals surface area contributed by atoms with Gasteiger partial charge in [-0.1, -0.05) is 0 Å². The van der Waals surface area contributed by atoms with Gasteiger partial charge in [0.1, 0.15) is 30.6 Å². The number of rotatable bonds is 5. The van der Waals surface area contributed by atoms with Gasteiger partial charge in [0, 0.05) is 18.4 Å². The monoisotopic (exact) mass is 559 g/mol. The number of nitrogens with zero attached hydrogens (tertiary/aromatic N) is 3. The van der Waals surface area contributed by atoms with E-state index in [2.05, 4.69) is 16.9 Å². The van der Waals surface area contributed by atoms with Gasteiger partial charge in [0.2, 0.25) is 11.8 Å². The first-order valence-electron chi connectivity index (χ1n) is 14.0. The highest BCUT2D eigenvalue weighted by atomic mass is 19.4. The van der Waals surface area contributed by atoms with Crippen molar-refractivity contribution >= 4 is 11.8 Å². The minimum atomic E-state index is -4.23. The number of hydrogen-bond acceptors (Lipinski definition) is 7. The maximum atomic E-state index is 15.2. The van der Waals surface area contributed by atoms with Gasteiger partial charge in [0.05, 0.1) is 24.1 Å². The molecule has 13 heteroatoms. The fraction of sp³-hybridized carbons (Fsp3) is 0.885. The third-order valence-corrected chi connectivity index (χ3v) is 9.63. The van der Waals surface area contributed by atoms with Crippen molar-refractivity contribution in [3.05, 3.63) is 0 Å². The molecule has 0 aromatic carbocycles. The molecule has 3 aliphatic carbocycles. The van der Waals surface area contributed by atoms with Crippen LogP contribution in [0.15, 0.2) is 0 Å². The molecule has 2 saturated heterocycles. The molecule has 0 bridgehead atoms. The Labute approximate surface area is 225 Å². The molecule has 3 N–H and O–H groups in total. The molecule has 39 heavy (non-hydrogen) atoms. The summed E-state index contributed by atoms with van der Waals surface area (Å²) >= 11 is 0. The molecule has 0 aromatic heterocycles. The summed E-state index contributed by atoms with van der Waals surface area (Å²) in [6, 6.07) is 1.31. The van der Waals surface area contributed by atoms with Gasteiger partial charge in [-0.05, 0) is 70.6 Å². The van der Waals surface area contributed by atoms with Crippen LogP contribution >= 0.6 is 0 Å². The number of halogens is 4. The lowest BCUT2D eigenvalue weighted by molar-refractivity contribution is -0.192. The van der Waals surface area contributed by atoms with Crippen LogP contribution in [0.4, 0.5) is 17.6 Å². The molecule has 0 aromatic rings. The molecule has 2 heterocycles. The van der Waals surface area contributed by atoms with Crippen LogP contribution < -0.4 is 10.8 Å². The topological polar surface area (TPSA) is 118 Å². The second-order valence-electron chi connectivity index (χ2n) is 12.2. The lowest BCUT2D eigenvalue weighted by Gasteiger charge is -2.59. The van der Waals surface area contributed by atoms with Crippen molar-refractivity contribution in [2.45, 2.75) is 107 Å². The molecule has 218 valence electrons. The summed E-state index contributed by atoms with van der Waals surface area (Å²) in [5.74, 6) is -2.72. The summed E-state index contributed by atoms with van der Waals surface area (Å²) in [6.45, 7) is 1.53. The quantitative estimate of drug-likeness (QED) is 0.443. The summed E-state index contributed by atoms with van der Waals surface area (Å²) in [4.78, 5) is 36.2. The van der Waals surface area contributed by atoms with Gasteiger partial charge < -0.3 is 14.9 Å². The van der Waals surface area contributed by atoms with Crippen LogP contribution in [0.25, 0.3) is 0 Å². The summed E-state index contributed by atoms with van der Waals surface area (Å²) in [7, 11) is 0. The van der Waals surface area contributed by atoms with Gasteiger partial charge in [-0.25, -0.2) is 4.39 Å². The number of nitrogens with one attached hydrogen (secondary N) is 2. The van der Waals surface area contributed by atoms with Crippen molar-refractivity contribution in [3.63, 3.8) is 0 Å². The Balaban J connectivity index is 1.33. The molecule has 6 unspecified atom stereocenters. The molecule has 3 saturated carbocycles. The highest BCUT2D eigenvalue weighted by Crippen LogP contribution is 2.50. The smallest absolute Gasteiger partial charge is 0.390 e. The van der Waals surface area contributed by atoms with Crippen molar-refractivity contribution in [3.8, 4) is 6.07 Å². The Bertz CT molecular complexity index is 976. The molecule has 6 atom stereocenters. The zero-order valence-electron chi connectivity index (χ0n) is 22.0. The Morgan fingerprint density at radius 1 is 1.18 bits per heavy atom. The van der Waals surface area contributed by atoms with Crippen molar-refractivity contribution < 1.29 is 37.1 Å². The standard InChI is InChI=1S/C26H37F4N5O4/c1-14(36)22-32-23(39-33-22)17-9-25(10-17)24(38)34(20-7-4-16(11-31)8-19(20)27)13-21(37)35(25)12-15-2-5-18(6-3-15)26(28,29)30/h14-20,22-23,32-33,36H,2-10,12-13H2,1H3. The normalized spacial score (nSPS) is 42.4. The minimum absolute atomic E-state index is 0.00376. The van der Waals surface area contributed by atoms with Crippen LogP contribution in [0.5, 0.6) is 0 Å². The number of amides is 2. The van der Waals surface area contributed by atoms with E-state index in [4.69, 9.17) is 4.84 Å². The molecular formula is C26H37F4N5O4. The van der Waals surface area contributed by atoms with Crippen LogP contribution in [-0.4, -0.2) is 82.2 Å². The third-order valence-electron chi connectivity index (χ3n) is 9.63. The van der Waals surface area contributed by atoms with Crippen LogP contribution in [0.1, 0.15) is 64.7 Å². The summed E-state index contributed by atoms with van der Waals surface area (Å²) in [5.41, 5.74) is 1.52. The average molecular weight is 560 g/mol. The molecule has 9 nitrogen and oxygen atoms in total. The third kappa shape index (κ3) is 5.37. The number of piperazine rings is 1. The highest BCUT2D eigenvalue weighted by Gasteiger charge is 2.63. The number of alkyl halides is 4. The van der Waals surface area contributed by atoms with Gasteiger partial charge in [0.25, 0.3) is 0 Å². The van der Waals surface area contributed by atoms with E-state index in [0.717, 1.165) is 0 Å². The molecule has 1 spiro atoms. The zero-order valence-corrected chi connectivity index (χ0v) is 22.0. The number of aliphatic hydroxyl groups excluding tert-OH is 1. The Morgan fingerprint density at radius 3 is 2.44 bits per heavy atom. The molecule has 2 amide bonds. The van der Waals surface area contributed by atoms with E-state index in [1.807, 2.05) is 0 Å². The van der Waals surface area contributed by atoms with Crippen LogP contribution in [0.3, 0.4) is 0 Å². The first-order chi connectivity index (χ1) is 18.4. The Hall–Kier alpha value is -2.01. The van der Waals surface area contributed by atoms with Gasteiger partial charge >= 0.3 is 6.18 Å². The lowest BCUT2D eigenvalue weighted by atomic mass is 9.63. The number of hydrogen-bond donors (Lipinski definition) is 3. The van der Waals surface area contributed by atoms with Crippen LogP contribution in [0.2, 0.25) is 0 Å². The zero-order chi connectivity index (χ0) is 28.1. The van der Waals surface area contributed by atoms with Crippen LogP contribution in [0, 0.1) is 35.0 Å². The number of nitriles is 1. The van der Waals surface area contributed by atoms with Crippen molar-refractivity contribution in [2.24, 2.45) is 23.7 Å². The van der Waals surface area contributed by atoms with Gasteiger partial charge in [-0.15, -0.1) is 0 Å². The van der Waals surface area contributed by atoms with E-state index in [-0.39, 0.29) is 68.8 Å². The number of carbonyl (C=O) groups excluding carboxylic acids is 2. The number of hydroxylamine groups is 1. The molecular weight excluding hydrogens is 522 g/mol. The second kappa shape index (κ2) is 10.8. The summed E-state index contributed by atoms with van der Waals surface area (Å²) in [5, 5.41) is 22.2. The van der Waals surface area contributed by atoms with Crippen molar-refractivity contribution in [1.29, 1.82) is 5.26 Å². The SMILES string of the molecule is CC(O)C1NOC(C2CC3(C2)C(=O)N(C2CCC(C#N)CC2F)CC(=O)N3CC2CCC(C(F)(F)F)CC2)N1.